The number of carboxylic acid groups (broad SMARTS) is 1. The van der Waals surface area contributed by atoms with Crippen molar-refractivity contribution >= 4 is 5.97 Å². The predicted octanol–water partition coefficient (Wildman–Crippen LogP) is 2.05. The molecule has 2 N–H and O–H groups in total. The molecule has 0 aliphatic heterocycles. The average Bonchev–Trinajstić information content (AvgIpc) is 2.23. The van der Waals surface area contributed by atoms with Crippen LogP contribution >= 0.6 is 0 Å². The number of phenolic OH excluding ortho intramolecular Hbond substituents is 1. The lowest BCUT2D eigenvalue weighted by Crippen LogP contribution is -2.12. The number of rotatable bonds is 5. The van der Waals surface area contributed by atoms with E-state index in [1.807, 2.05) is 6.92 Å². The van der Waals surface area contributed by atoms with Crippen molar-refractivity contribution in [3.05, 3.63) is 23.8 Å². The fraction of sp³-hybridized carbons (Fsp3) is 0.417. The molecular weight excluding hydrogens is 208 g/mol. The number of carboxylic acids is 1. The van der Waals surface area contributed by atoms with Crippen molar-refractivity contribution in [3.63, 3.8) is 0 Å². The molecule has 88 valence electrons. The van der Waals surface area contributed by atoms with Gasteiger partial charge in [0.05, 0.1) is 12.5 Å². The lowest BCUT2D eigenvalue weighted by molar-refractivity contribution is -0.141. The Balaban J connectivity index is 2.82. The molecule has 1 aromatic rings. The highest BCUT2D eigenvalue weighted by molar-refractivity contribution is 5.70. The molecule has 0 radical (unpaired) electrons. The largest absolute Gasteiger partial charge is 0.504 e. The Kier molecular flexibility index (Phi) is 4.17. The van der Waals surface area contributed by atoms with Crippen LogP contribution in [0.5, 0.6) is 11.5 Å². The smallest absolute Gasteiger partial charge is 0.306 e. The summed E-state index contributed by atoms with van der Waals surface area (Å²) in [5, 5.41) is 18.3. The number of phenols is 1. The minimum atomic E-state index is -0.828. The second kappa shape index (κ2) is 5.39. The van der Waals surface area contributed by atoms with E-state index < -0.39 is 11.9 Å². The molecule has 4 nitrogen and oxygen atoms in total. The minimum Gasteiger partial charge on any atom is -0.504 e. The van der Waals surface area contributed by atoms with Crippen molar-refractivity contribution in [2.24, 2.45) is 5.92 Å². The summed E-state index contributed by atoms with van der Waals surface area (Å²) in [5.41, 5.74) is 0.844. The highest BCUT2D eigenvalue weighted by Crippen LogP contribution is 2.27. The van der Waals surface area contributed by atoms with Gasteiger partial charge in [-0.3, -0.25) is 4.79 Å². The maximum atomic E-state index is 10.7. The summed E-state index contributed by atoms with van der Waals surface area (Å²) in [6, 6.07) is 4.91. The number of aromatic hydroxyl groups is 1. The van der Waals surface area contributed by atoms with Crippen molar-refractivity contribution in [1.29, 1.82) is 0 Å². The normalized spacial score (nSPS) is 12.1. The quantitative estimate of drug-likeness (QED) is 0.803. The Morgan fingerprint density at radius 3 is 2.75 bits per heavy atom. The zero-order chi connectivity index (χ0) is 12.1. The molecule has 1 rings (SSSR count). The second-order valence-corrected chi connectivity index (χ2v) is 3.68. The highest BCUT2D eigenvalue weighted by Gasteiger charge is 2.13. The van der Waals surface area contributed by atoms with Gasteiger partial charge in [-0.25, -0.2) is 0 Å². The van der Waals surface area contributed by atoms with Crippen LogP contribution in [-0.2, 0) is 11.2 Å². The lowest BCUT2D eigenvalue weighted by atomic mass is 10.0. The first kappa shape index (κ1) is 12.4. The van der Waals surface area contributed by atoms with E-state index in [-0.39, 0.29) is 5.75 Å². The van der Waals surface area contributed by atoms with Crippen LogP contribution in [-0.4, -0.2) is 22.8 Å². The first-order valence-corrected chi connectivity index (χ1v) is 5.22. The fourth-order valence-corrected chi connectivity index (χ4v) is 1.40. The molecule has 0 heterocycles. The molecule has 0 aliphatic rings. The van der Waals surface area contributed by atoms with Crippen LogP contribution in [0.15, 0.2) is 18.2 Å². The molecule has 0 amide bonds. The summed E-state index contributed by atoms with van der Waals surface area (Å²) >= 11 is 0. The molecule has 0 aromatic heterocycles. The predicted molar refractivity (Wildman–Crippen MR) is 59.8 cm³/mol. The van der Waals surface area contributed by atoms with E-state index in [1.165, 1.54) is 6.07 Å². The minimum absolute atomic E-state index is 0.0774. The Morgan fingerprint density at radius 1 is 1.50 bits per heavy atom. The second-order valence-electron chi connectivity index (χ2n) is 3.68. The van der Waals surface area contributed by atoms with Gasteiger partial charge in [0, 0.05) is 0 Å². The third-order valence-corrected chi connectivity index (χ3v) is 2.29. The highest BCUT2D eigenvalue weighted by atomic mass is 16.5. The van der Waals surface area contributed by atoms with E-state index in [2.05, 4.69) is 0 Å². The molecule has 4 heteroatoms. The van der Waals surface area contributed by atoms with Gasteiger partial charge in [0.1, 0.15) is 0 Å². The van der Waals surface area contributed by atoms with Crippen molar-refractivity contribution in [2.45, 2.75) is 20.3 Å². The van der Waals surface area contributed by atoms with Gasteiger partial charge in [-0.05, 0) is 31.0 Å². The van der Waals surface area contributed by atoms with Gasteiger partial charge in [0.25, 0.3) is 0 Å². The van der Waals surface area contributed by atoms with Gasteiger partial charge in [-0.2, -0.15) is 0 Å². The molecule has 1 unspecified atom stereocenters. The first-order chi connectivity index (χ1) is 7.54. The summed E-state index contributed by atoms with van der Waals surface area (Å²) in [5.74, 6) is -0.795. The van der Waals surface area contributed by atoms with Crippen LogP contribution in [0.25, 0.3) is 0 Å². The molecule has 0 saturated heterocycles. The van der Waals surface area contributed by atoms with Gasteiger partial charge >= 0.3 is 5.97 Å². The lowest BCUT2D eigenvalue weighted by Gasteiger charge is -2.10. The summed E-state index contributed by atoms with van der Waals surface area (Å²) in [6.45, 7) is 3.94. The number of hydrogen-bond acceptors (Lipinski definition) is 3. The Hall–Kier alpha value is -1.71. The van der Waals surface area contributed by atoms with Gasteiger partial charge < -0.3 is 14.9 Å². The van der Waals surface area contributed by atoms with E-state index in [9.17, 15) is 9.90 Å². The molecule has 1 atom stereocenters. The van der Waals surface area contributed by atoms with Crippen molar-refractivity contribution in [1.82, 2.24) is 0 Å². The monoisotopic (exact) mass is 224 g/mol. The molecular formula is C12H16O4. The number of carbonyl (C=O) groups is 1. The molecule has 0 spiro atoms. The van der Waals surface area contributed by atoms with E-state index in [1.54, 1.807) is 19.1 Å². The van der Waals surface area contributed by atoms with Crippen LogP contribution in [0, 0.1) is 5.92 Å². The van der Waals surface area contributed by atoms with Crippen molar-refractivity contribution < 1.29 is 19.7 Å². The zero-order valence-corrected chi connectivity index (χ0v) is 9.43. The van der Waals surface area contributed by atoms with Crippen molar-refractivity contribution in [3.8, 4) is 11.5 Å². The van der Waals surface area contributed by atoms with Crippen molar-refractivity contribution in [2.75, 3.05) is 6.61 Å². The Labute approximate surface area is 94.5 Å². The SMILES string of the molecule is CCOc1cc(CC(C)C(=O)O)ccc1O. The summed E-state index contributed by atoms with van der Waals surface area (Å²) < 4.78 is 5.22. The Bertz CT molecular complexity index is 373. The molecule has 0 fully saturated rings. The number of aliphatic carboxylic acids is 1. The average molecular weight is 224 g/mol. The van der Waals surface area contributed by atoms with Gasteiger partial charge in [0.15, 0.2) is 11.5 Å². The fourth-order valence-electron chi connectivity index (χ4n) is 1.40. The first-order valence-electron chi connectivity index (χ1n) is 5.22. The molecule has 16 heavy (non-hydrogen) atoms. The number of benzene rings is 1. The molecule has 0 bridgehead atoms. The van der Waals surface area contributed by atoms with Gasteiger partial charge in [-0.1, -0.05) is 13.0 Å². The standard InChI is InChI=1S/C12H16O4/c1-3-16-11-7-9(4-5-10(11)13)6-8(2)12(14)15/h4-5,7-8,13H,3,6H2,1-2H3,(H,14,15). The third kappa shape index (κ3) is 3.15. The van der Waals surface area contributed by atoms with Crippen LogP contribution in [0.2, 0.25) is 0 Å². The van der Waals surface area contributed by atoms with E-state index >= 15 is 0 Å². The molecule has 0 saturated carbocycles. The Morgan fingerprint density at radius 2 is 2.19 bits per heavy atom. The maximum absolute atomic E-state index is 10.7. The van der Waals surface area contributed by atoms with Crippen LogP contribution in [0.1, 0.15) is 19.4 Å². The van der Waals surface area contributed by atoms with E-state index in [0.29, 0.717) is 18.8 Å². The molecule has 1 aromatic carbocycles. The van der Waals surface area contributed by atoms with E-state index in [4.69, 9.17) is 9.84 Å². The van der Waals surface area contributed by atoms with Crippen LogP contribution in [0.3, 0.4) is 0 Å². The van der Waals surface area contributed by atoms with Crippen LogP contribution < -0.4 is 4.74 Å². The molecule has 0 aliphatic carbocycles. The summed E-state index contributed by atoms with van der Waals surface area (Å²) in [7, 11) is 0. The topological polar surface area (TPSA) is 66.8 Å². The van der Waals surface area contributed by atoms with Crippen LogP contribution in [0.4, 0.5) is 0 Å². The van der Waals surface area contributed by atoms with Gasteiger partial charge in [-0.15, -0.1) is 0 Å². The summed E-state index contributed by atoms with van der Waals surface area (Å²) in [6.07, 6.45) is 0.426. The summed E-state index contributed by atoms with van der Waals surface area (Å²) in [4.78, 5) is 10.7. The maximum Gasteiger partial charge on any atom is 0.306 e. The van der Waals surface area contributed by atoms with E-state index in [0.717, 1.165) is 5.56 Å². The number of ether oxygens (including phenoxy) is 1. The van der Waals surface area contributed by atoms with Gasteiger partial charge in [0.2, 0.25) is 0 Å². The zero-order valence-electron chi connectivity index (χ0n) is 9.43. The third-order valence-electron chi connectivity index (χ3n) is 2.29. The number of hydrogen-bond donors (Lipinski definition) is 2.